The Morgan fingerprint density at radius 2 is 1.47 bits per heavy atom. The van der Waals surface area contributed by atoms with Gasteiger partial charge < -0.3 is 0 Å². The Hall–Kier alpha value is -1.91. The van der Waals surface area contributed by atoms with Gasteiger partial charge in [-0.25, -0.2) is 0 Å². The fourth-order valence-corrected chi connectivity index (χ4v) is 1.91. The Morgan fingerprint density at radius 1 is 1.00 bits per heavy atom. The van der Waals surface area contributed by atoms with Gasteiger partial charge in [0, 0.05) is 10.5 Å². The summed E-state index contributed by atoms with van der Waals surface area (Å²) in [6, 6.07) is 17.9. The van der Waals surface area contributed by atoms with Crippen LogP contribution in [0.4, 0.5) is 0 Å². The minimum Gasteiger partial charge on any atom is -0.262 e. The van der Waals surface area contributed by atoms with Crippen molar-refractivity contribution in [3.8, 4) is 0 Å². The van der Waals surface area contributed by atoms with E-state index in [4.69, 9.17) is 5.73 Å². The van der Waals surface area contributed by atoms with Crippen LogP contribution in [0.2, 0.25) is 0 Å². The van der Waals surface area contributed by atoms with Crippen LogP contribution in [0.25, 0.3) is 0 Å². The van der Waals surface area contributed by atoms with Crippen LogP contribution in [-0.4, -0.2) is 4.92 Å². The predicted molar refractivity (Wildman–Crippen MR) is 76.7 cm³/mol. The molecule has 0 heterocycles. The van der Waals surface area contributed by atoms with Gasteiger partial charge in [0.25, 0.3) is 0 Å². The molecule has 5 heteroatoms. The number of nitrogens with two attached hydrogens (primary N) is 1. The highest BCUT2D eigenvalue weighted by atomic mass is 35.5. The van der Waals surface area contributed by atoms with Crippen molar-refractivity contribution in [3.63, 3.8) is 0 Å². The average Bonchev–Trinajstić information content (AvgIpc) is 2.40. The number of nitrogens with zero attached hydrogens (tertiary/aromatic N) is 1. The molecule has 4 nitrogen and oxygen atoms in total. The van der Waals surface area contributed by atoms with Gasteiger partial charge >= 0.3 is 5.66 Å². The molecule has 0 spiro atoms. The fraction of sp³-hybridized carbons (Fsp3) is 0.143. The third kappa shape index (κ3) is 3.30. The summed E-state index contributed by atoms with van der Waals surface area (Å²) in [5.41, 5.74) is 5.77. The molecule has 1 atom stereocenters. The summed E-state index contributed by atoms with van der Waals surface area (Å²) in [7, 11) is 0. The van der Waals surface area contributed by atoms with E-state index in [0.717, 1.165) is 5.56 Å². The van der Waals surface area contributed by atoms with E-state index in [1.807, 2.05) is 36.4 Å². The molecule has 0 aromatic heterocycles. The van der Waals surface area contributed by atoms with Crippen LogP contribution in [0.15, 0.2) is 60.7 Å². The lowest BCUT2D eigenvalue weighted by molar-refractivity contribution is -0.578. The molecule has 2 aromatic rings. The maximum Gasteiger partial charge on any atom is 0.302 e. The largest absolute Gasteiger partial charge is 0.302 e. The molecule has 1 unspecified atom stereocenters. The van der Waals surface area contributed by atoms with Gasteiger partial charge in [-0.2, -0.15) is 0 Å². The van der Waals surface area contributed by atoms with Crippen LogP contribution < -0.4 is 5.73 Å². The van der Waals surface area contributed by atoms with Crippen LogP contribution in [-0.2, 0) is 12.1 Å². The number of halogens is 1. The van der Waals surface area contributed by atoms with Gasteiger partial charge in [0.05, 0.1) is 6.42 Å². The quantitative estimate of drug-likeness (QED) is 0.531. The van der Waals surface area contributed by atoms with Crippen LogP contribution in [0.5, 0.6) is 0 Å². The lowest BCUT2D eigenvalue weighted by atomic mass is 9.93. The molecule has 19 heavy (non-hydrogen) atoms. The van der Waals surface area contributed by atoms with Crippen LogP contribution >= 0.6 is 12.4 Å². The third-order valence-corrected chi connectivity index (χ3v) is 2.92. The van der Waals surface area contributed by atoms with Crippen molar-refractivity contribution in [2.75, 3.05) is 0 Å². The highest BCUT2D eigenvalue weighted by molar-refractivity contribution is 5.85. The zero-order valence-corrected chi connectivity index (χ0v) is 11.0. The first kappa shape index (κ1) is 15.1. The molecule has 0 saturated heterocycles. The first-order chi connectivity index (χ1) is 8.63. The molecule has 2 rings (SSSR count). The van der Waals surface area contributed by atoms with Gasteiger partial charge in [-0.05, 0) is 5.56 Å². The van der Waals surface area contributed by atoms with E-state index in [0.29, 0.717) is 5.56 Å². The number of hydrogen-bond acceptors (Lipinski definition) is 3. The normalized spacial score (nSPS) is 13.1. The number of hydrogen-bond donors (Lipinski definition) is 1. The second kappa shape index (κ2) is 6.31. The average molecular weight is 279 g/mol. The summed E-state index contributed by atoms with van der Waals surface area (Å²) in [4.78, 5) is 10.9. The predicted octanol–water partition coefficient (Wildman–Crippen LogP) is 2.74. The highest BCUT2D eigenvalue weighted by Crippen LogP contribution is 2.23. The summed E-state index contributed by atoms with van der Waals surface area (Å²) in [5, 5.41) is 11.3. The van der Waals surface area contributed by atoms with Gasteiger partial charge in [-0.1, -0.05) is 60.7 Å². The van der Waals surface area contributed by atoms with Crippen molar-refractivity contribution in [1.82, 2.24) is 0 Å². The van der Waals surface area contributed by atoms with Crippen molar-refractivity contribution < 1.29 is 4.92 Å². The Kier molecular flexibility index (Phi) is 5.03. The molecule has 2 aromatic carbocycles. The lowest BCUT2D eigenvalue weighted by Gasteiger charge is -2.21. The molecule has 0 fully saturated rings. The van der Waals surface area contributed by atoms with E-state index < -0.39 is 10.6 Å². The topological polar surface area (TPSA) is 69.2 Å². The van der Waals surface area contributed by atoms with Crippen LogP contribution in [0.1, 0.15) is 11.1 Å². The van der Waals surface area contributed by atoms with Crippen molar-refractivity contribution in [3.05, 3.63) is 81.9 Å². The Morgan fingerprint density at radius 3 is 1.95 bits per heavy atom. The van der Waals surface area contributed by atoms with Gasteiger partial charge in [0.15, 0.2) is 0 Å². The summed E-state index contributed by atoms with van der Waals surface area (Å²) in [6.45, 7) is 0. The second-order valence-corrected chi connectivity index (χ2v) is 4.21. The Balaban J connectivity index is 0.00000180. The molecule has 0 aliphatic rings. The van der Waals surface area contributed by atoms with Crippen molar-refractivity contribution in [2.45, 2.75) is 12.1 Å². The summed E-state index contributed by atoms with van der Waals surface area (Å²) in [5.74, 6) is 0. The van der Waals surface area contributed by atoms with E-state index in [1.54, 1.807) is 24.3 Å². The standard InChI is InChI=1S/C14H14N2O2.ClH/c15-14(16(17)18,13-9-5-2-6-10-13)11-12-7-3-1-4-8-12;/h1-10H,11,15H2;1H. The summed E-state index contributed by atoms with van der Waals surface area (Å²) in [6.07, 6.45) is 0.171. The van der Waals surface area contributed by atoms with E-state index in [9.17, 15) is 10.1 Å². The van der Waals surface area contributed by atoms with E-state index >= 15 is 0 Å². The zero-order chi connectivity index (χ0) is 13.0. The molecule has 2 N–H and O–H groups in total. The van der Waals surface area contributed by atoms with Gasteiger partial charge in [0.2, 0.25) is 0 Å². The number of benzene rings is 2. The summed E-state index contributed by atoms with van der Waals surface area (Å²) < 4.78 is 0. The monoisotopic (exact) mass is 278 g/mol. The van der Waals surface area contributed by atoms with E-state index in [2.05, 4.69) is 0 Å². The number of rotatable bonds is 4. The smallest absolute Gasteiger partial charge is 0.262 e. The number of nitro groups is 1. The molecule has 0 saturated carbocycles. The van der Waals surface area contributed by atoms with E-state index in [-0.39, 0.29) is 18.8 Å². The second-order valence-electron chi connectivity index (χ2n) is 4.21. The molecule has 0 aliphatic carbocycles. The maximum absolute atomic E-state index is 11.3. The van der Waals surface area contributed by atoms with Crippen LogP contribution in [0.3, 0.4) is 0 Å². The molecule has 0 amide bonds. The minimum atomic E-state index is -1.58. The van der Waals surface area contributed by atoms with Crippen LogP contribution in [0, 0.1) is 10.1 Å². The van der Waals surface area contributed by atoms with Gasteiger partial charge in [0.1, 0.15) is 0 Å². The first-order valence-electron chi connectivity index (χ1n) is 5.66. The Bertz CT molecular complexity index is 534. The van der Waals surface area contributed by atoms with Crippen molar-refractivity contribution in [2.24, 2.45) is 5.73 Å². The minimum absolute atomic E-state index is 0. The molecular formula is C14H15ClN2O2. The van der Waals surface area contributed by atoms with Crippen molar-refractivity contribution in [1.29, 1.82) is 0 Å². The molecule has 0 aliphatic heterocycles. The lowest BCUT2D eigenvalue weighted by Crippen LogP contribution is -2.46. The molecule has 0 bridgehead atoms. The highest BCUT2D eigenvalue weighted by Gasteiger charge is 2.40. The zero-order valence-electron chi connectivity index (χ0n) is 10.2. The van der Waals surface area contributed by atoms with Gasteiger partial charge in [-0.3, -0.25) is 15.8 Å². The molecule has 100 valence electrons. The molecule has 0 radical (unpaired) electrons. The maximum atomic E-state index is 11.3. The van der Waals surface area contributed by atoms with E-state index in [1.165, 1.54) is 0 Å². The third-order valence-electron chi connectivity index (χ3n) is 2.92. The van der Waals surface area contributed by atoms with Crippen molar-refractivity contribution >= 4 is 12.4 Å². The Labute approximate surface area is 117 Å². The van der Waals surface area contributed by atoms with Gasteiger partial charge in [-0.15, -0.1) is 12.4 Å². The summed E-state index contributed by atoms with van der Waals surface area (Å²) >= 11 is 0. The fourth-order valence-electron chi connectivity index (χ4n) is 1.91. The molecular weight excluding hydrogens is 264 g/mol. The first-order valence-corrected chi connectivity index (χ1v) is 5.66. The SMILES string of the molecule is Cl.NC(Cc1ccccc1)(c1ccccc1)[N+](=O)[O-].